The molecule has 0 spiro atoms. The van der Waals surface area contributed by atoms with E-state index < -0.39 is 0 Å². The number of hydrogen-bond acceptors (Lipinski definition) is 2. The molecule has 0 saturated carbocycles. The average molecular weight is 182 g/mol. The van der Waals surface area contributed by atoms with E-state index in [-0.39, 0.29) is 6.61 Å². The van der Waals surface area contributed by atoms with Crippen LogP contribution in [0.25, 0.3) is 0 Å². The SMILES string of the molecule is CCc1ccc(CO)cc1[NH2+]OC. The topological polar surface area (TPSA) is 46.1 Å². The van der Waals surface area contributed by atoms with E-state index in [2.05, 4.69) is 6.92 Å². The summed E-state index contributed by atoms with van der Waals surface area (Å²) in [7, 11) is 1.63. The van der Waals surface area contributed by atoms with Gasteiger partial charge in [-0.15, -0.1) is 0 Å². The molecule has 3 N–H and O–H groups in total. The van der Waals surface area contributed by atoms with Gasteiger partial charge in [-0.2, -0.15) is 5.48 Å². The van der Waals surface area contributed by atoms with Gasteiger partial charge >= 0.3 is 0 Å². The highest BCUT2D eigenvalue weighted by molar-refractivity contribution is 5.41. The largest absolute Gasteiger partial charge is 0.392 e. The molecule has 1 aromatic carbocycles. The summed E-state index contributed by atoms with van der Waals surface area (Å²) in [6.07, 6.45) is 0.973. The first-order valence-electron chi connectivity index (χ1n) is 4.40. The third-order valence-electron chi connectivity index (χ3n) is 2.02. The van der Waals surface area contributed by atoms with E-state index in [0.29, 0.717) is 0 Å². The molecule has 0 atom stereocenters. The number of quaternary nitrogens is 1. The van der Waals surface area contributed by atoms with Crippen molar-refractivity contribution in [3.63, 3.8) is 0 Å². The number of hydrogen-bond donors (Lipinski definition) is 2. The summed E-state index contributed by atoms with van der Waals surface area (Å²) in [5.74, 6) is 0. The van der Waals surface area contributed by atoms with Crippen LogP contribution in [0.1, 0.15) is 18.1 Å². The monoisotopic (exact) mass is 182 g/mol. The maximum atomic E-state index is 8.94. The standard InChI is InChI=1S/C10H15NO2/c1-3-9-5-4-8(7-12)6-10(9)11-13-2/h4-6,11-12H,3,7H2,1-2H3/p+1. The molecule has 0 heterocycles. The number of aliphatic hydroxyl groups excluding tert-OH is 1. The maximum Gasteiger partial charge on any atom is 0.165 e. The molecule has 0 aliphatic rings. The van der Waals surface area contributed by atoms with E-state index in [0.717, 1.165) is 17.7 Å². The molecule has 0 aliphatic heterocycles. The van der Waals surface area contributed by atoms with Crippen molar-refractivity contribution >= 4 is 5.69 Å². The Labute approximate surface area is 78.3 Å². The summed E-state index contributed by atoms with van der Waals surface area (Å²) in [6, 6.07) is 5.91. The van der Waals surface area contributed by atoms with Crippen LogP contribution in [0.15, 0.2) is 18.2 Å². The summed E-state index contributed by atoms with van der Waals surface area (Å²) in [4.78, 5) is 4.96. The van der Waals surface area contributed by atoms with Gasteiger partial charge < -0.3 is 5.11 Å². The molecule has 0 radical (unpaired) electrons. The van der Waals surface area contributed by atoms with Crippen molar-refractivity contribution in [1.82, 2.24) is 0 Å². The van der Waals surface area contributed by atoms with Crippen LogP contribution in [0.3, 0.4) is 0 Å². The third kappa shape index (κ3) is 2.52. The van der Waals surface area contributed by atoms with Gasteiger partial charge in [0, 0.05) is 11.6 Å². The lowest BCUT2D eigenvalue weighted by molar-refractivity contribution is -0.830. The fourth-order valence-electron chi connectivity index (χ4n) is 1.30. The molecule has 3 nitrogen and oxygen atoms in total. The first kappa shape index (κ1) is 10.2. The van der Waals surface area contributed by atoms with Crippen LogP contribution in [0, 0.1) is 0 Å². The molecule has 1 rings (SSSR count). The van der Waals surface area contributed by atoms with Gasteiger partial charge in [0.15, 0.2) is 5.69 Å². The van der Waals surface area contributed by atoms with Gasteiger partial charge in [-0.3, -0.25) is 0 Å². The first-order valence-corrected chi connectivity index (χ1v) is 4.40. The van der Waals surface area contributed by atoms with Crippen molar-refractivity contribution in [2.75, 3.05) is 7.11 Å². The van der Waals surface area contributed by atoms with Crippen molar-refractivity contribution < 1.29 is 15.4 Å². The van der Waals surface area contributed by atoms with Gasteiger partial charge in [-0.25, -0.2) is 4.84 Å². The fourth-order valence-corrected chi connectivity index (χ4v) is 1.30. The second-order valence-corrected chi connectivity index (χ2v) is 2.90. The highest BCUT2D eigenvalue weighted by Gasteiger charge is 2.05. The number of nitrogens with two attached hydrogens (primary N) is 1. The van der Waals surface area contributed by atoms with Crippen LogP contribution >= 0.6 is 0 Å². The highest BCUT2D eigenvalue weighted by atomic mass is 16.6. The molecule has 0 amide bonds. The van der Waals surface area contributed by atoms with E-state index in [1.807, 2.05) is 18.2 Å². The van der Waals surface area contributed by atoms with Crippen LogP contribution in [0.2, 0.25) is 0 Å². The second kappa shape index (κ2) is 4.97. The Balaban J connectivity index is 2.95. The Hall–Kier alpha value is -0.900. The van der Waals surface area contributed by atoms with Crippen molar-refractivity contribution in [2.45, 2.75) is 20.0 Å². The predicted octanol–water partition coefficient (Wildman–Crippen LogP) is 0.498. The Morgan fingerprint density at radius 2 is 2.23 bits per heavy atom. The summed E-state index contributed by atoms with van der Waals surface area (Å²) in [5.41, 5.74) is 4.91. The van der Waals surface area contributed by atoms with E-state index in [1.54, 1.807) is 12.6 Å². The lowest BCUT2D eigenvalue weighted by Crippen LogP contribution is -2.76. The zero-order valence-electron chi connectivity index (χ0n) is 8.08. The van der Waals surface area contributed by atoms with Gasteiger partial charge in [0.2, 0.25) is 0 Å². The van der Waals surface area contributed by atoms with E-state index in [4.69, 9.17) is 9.94 Å². The fraction of sp³-hybridized carbons (Fsp3) is 0.400. The van der Waals surface area contributed by atoms with Crippen LogP contribution in [-0.2, 0) is 17.9 Å². The Kier molecular flexibility index (Phi) is 3.89. The van der Waals surface area contributed by atoms with Crippen molar-refractivity contribution in [1.29, 1.82) is 0 Å². The molecule has 0 fully saturated rings. The van der Waals surface area contributed by atoms with Crippen LogP contribution in [0.5, 0.6) is 0 Å². The minimum atomic E-state index is 0.0779. The van der Waals surface area contributed by atoms with Crippen LogP contribution in [-0.4, -0.2) is 12.2 Å². The minimum absolute atomic E-state index is 0.0779. The van der Waals surface area contributed by atoms with Gasteiger partial charge in [-0.1, -0.05) is 19.1 Å². The highest BCUT2D eigenvalue weighted by Crippen LogP contribution is 2.13. The van der Waals surface area contributed by atoms with Gasteiger partial charge in [0.1, 0.15) is 0 Å². The zero-order chi connectivity index (χ0) is 9.68. The number of aryl methyl sites for hydroxylation is 1. The third-order valence-corrected chi connectivity index (χ3v) is 2.02. The Morgan fingerprint density at radius 1 is 1.46 bits per heavy atom. The lowest BCUT2D eigenvalue weighted by Gasteiger charge is -2.04. The first-order chi connectivity index (χ1) is 6.31. The van der Waals surface area contributed by atoms with E-state index in [1.165, 1.54) is 5.56 Å². The Bertz CT molecular complexity index is 274. The predicted molar refractivity (Wildman–Crippen MR) is 50.3 cm³/mol. The minimum Gasteiger partial charge on any atom is -0.392 e. The molecule has 3 heteroatoms. The summed E-state index contributed by atoms with van der Waals surface area (Å²) in [5, 5.41) is 8.94. The van der Waals surface area contributed by atoms with Gasteiger partial charge in [0.05, 0.1) is 13.7 Å². The van der Waals surface area contributed by atoms with Crippen molar-refractivity contribution in [3.8, 4) is 0 Å². The number of aliphatic hydroxyl groups is 1. The molecule has 0 saturated heterocycles. The van der Waals surface area contributed by atoms with Crippen molar-refractivity contribution in [2.24, 2.45) is 0 Å². The van der Waals surface area contributed by atoms with Crippen LogP contribution < -0.4 is 5.48 Å². The maximum absolute atomic E-state index is 8.94. The van der Waals surface area contributed by atoms with Crippen molar-refractivity contribution in [3.05, 3.63) is 29.3 Å². The molecule has 0 bridgehead atoms. The van der Waals surface area contributed by atoms with E-state index in [9.17, 15) is 0 Å². The van der Waals surface area contributed by atoms with E-state index >= 15 is 0 Å². The molecule has 13 heavy (non-hydrogen) atoms. The smallest absolute Gasteiger partial charge is 0.165 e. The molecule has 0 unspecified atom stereocenters. The lowest BCUT2D eigenvalue weighted by atomic mass is 10.1. The quantitative estimate of drug-likeness (QED) is 0.526. The van der Waals surface area contributed by atoms with Gasteiger partial charge in [0.25, 0.3) is 0 Å². The average Bonchev–Trinajstić information content (AvgIpc) is 2.18. The number of benzene rings is 1. The van der Waals surface area contributed by atoms with Crippen LogP contribution in [0.4, 0.5) is 5.69 Å². The molecular weight excluding hydrogens is 166 g/mol. The second-order valence-electron chi connectivity index (χ2n) is 2.90. The van der Waals surface area contributed by atoms with Gasteiger partial charge in [-0.05, 0) is 12.0 Å². The summed E-state index contributed by atoms with van der Waals surface area (Å²) in [6.45, 7) is 2.18. The zero-order valence-corrected chi connectivity index (χ0v) is 8.08. The Morgan fingerprint density at radius 3 is 2.77 bits per heavy atom. The number of rotatable bonds is 4. The normalized spacial score (nSPS) is 10.4. The molecule has 1 aromatic rings. The molecular formula is C10H16NO2+. The summed E-state index contributed by atoms with van der Waals surface area (Å²) < 4.78 is 0. The summed E-state index contributed by atoms with van der Waals surface area (Å²) >= 11 is 0. The molecule has 72 valence electrons. The molecule has 0 aliphatic carbocycles. The molecule has 0 aromatic heterocycles.